The summed E-state index contributed by atoms with van der Waals surface area (Å²) in [6, 6.07) is 9.05. The van der Waals surface area contributed by atoms with Crippen molar-refractivity contribution in [2.45, 2.75) is 6.54 Å². The molecule has 0 spiro atoms. The Morgan fingerprint density at radius 2 is 2.14 bits per heavy atom. The van der Waals surface area contributed by atoms with E-state index in [1.54, 1.807) is 18.3 Å². The van der Waals surface area contributed by atoms with Crippen LogP contribution >= 0.6 is 11.6 Å². The van der Waals surface area contributed by atoms with Crippen LogP contribution in [0.25, 0.3) is 0 Å². The summed E-state index contributed by atoms with van der Waals surface area (Å²) < 4.78 is 0. The largest absolute Gasteiger partial charge is 0.348 e. The van der Waals surface area contributed by atoms with Crippen LogP contribution in [0.4, 0.5) is 0 Å². The second kappa shape index (κ2) is 7.44. The van der Waals surface area contributed by atoms with Crippen LogP contribution in [0.2, 0.25) is 5.02 Å². The zero-order valence-electron chi connectivity index (χ0n) is 11.3. The van der Waals surface area contributed by atoms with E-state index in [4.69, 9.17) is 17.3 Å². The Morgan fingerprint density at radius 1 is 1.33 bits per heavy atom. The summed E-state index contributed by atoms with van der Waals surface area (Å²) in [6.07, 6.45) is 3.09. The number of benzene rings is 1. The molecule has 0 saturated heterocycles. The maximum Gasteiger partial charge on any atom is 0.253 e. The number of aromatic nitrogens is 1. The topological polar surface area (TPSA) is 68.0 Å². The standard InChI is InChI=1S/C16H14ClN3O/c17-15-6-2-1-5-13(15)11-20-16(21)14-8-12(4-3-7-18)9-19-10-14/h1-2,5-6,8-10H,7,11,18H2,(H,20,21). The molecule has 106 valence electrons. The molecular formula is C16H14ClN3O. The zero-order chi connectivity index (χ0) is 15.1. The minimum absolute atomic E-state index is 0.223. The zero-order valence-corrected chi connectivity index (χ0v) is 12.0. The third-order valence-electron chi connectivity index (χ3n) is 2.73. The first kappa shape index (κ1) is 15.0. The maximum absolute atomic E-state index is 12.1. The van der Waals surface area contributed by atoms with Crippen molar-refractivity contribution in [2.24, 2.45) is 5.73 Å². The molecule has 0 radical (unpaired) electrons. The molecule has 1 aromatic carbocycles. The highest BCUT2D eigenvalue weighted by molar-refractivity contribution is 6.31. The fraction of sp³-hybridized carbons (Fsp3) is 0.125. The van der Waals surface area contributed by atoms with E-state index in [9.17, 15) is 4.79 Å². The molecule has 1 amide bonds. The molecule has 2 rings (SSSR count). The Labute approximate surface area is 128 Å². The van der Waals surface area contributed by atoms with Crippen molar-refractivity contribution in [3.8, 4) is 11.8 Å². The van der Waals surface area contributed by atoms with Gasteiger partial charge in [0.2, 0.25) is 0 Å². The van der Waals surface area contributed by atoms with E-state index in [1.807, 2.05) is 18.2 Å². The van der Waals surface area contributed by atoms with Gasteiger partial charge in [-0.2, -0.15) is 0 Å². The van der Waals surface area contributed by atoms with E-state index in [1.165, 1.54) is 6.20 Å². The molecule has 0 aliphatic rings. The van der Waals surface area contributed by atoms with E-state index in [2.05, 4.69) is 22.1 Å². The van der Waals surface area contributed by atoms with E-state index >= 15 is 0 Å². The average molecular weight is 300 g/mol. The van der Waals surface area contributed by atoms with Crippen LogP contribution in [0, 0.1) is 11.8 Å². The molecule has 0 fully saturated rings. The quantitative estimate of drug-likeness (QED) is 0.852. The predicted molar refractivity (Wildman–Crippen MR) is 82.8 cm³/mol. The first-order valence-electron chi connectivity index (χ1n) is 6.36. The van der Waals surface area contributed by atoms with Gasteiger partial charge in [-0.3, -0.25) is 9.78 Å². The fourth-order valence-electron chi connectivity index (χ4n) is 1.70. The van der Waals surface area contributed by atoms with Gasteiger partial charge in [0.05, 0.1) is 12.1 Å². The van der Waals surface area contributed by atoms with Crippen LogP contribution in [0.5, 0.6) is 0 Å². The van der Waals surface area contributed by atoms with Gasteiger partial charge in [0.25, 0.3) is 5.91 Å². The number of hydrogen-bond acceptors (Lipinski definition) is 3. The molecule has 0 atom stereocenters. The number of carbonyl (C=O) groups is 1. The van der Waals surface area contributed by atoms with Crippen molar-refractivity contribution < 1.29 is 4.79 Å². The SMILES string of the molecule is NCC#Cc1cncc(C(=O)NCc2ccccc2Cl)c1. The maximum atomic E-state index is 12.1. The van der Waals surface area contributed by atoms with Gasteiger partial charge < -0.3 is 11.1 Å². The Balaban J connectivity index is 2.05. The number of amides is 1. The lowest BCUT2D eigenvalue weighted by Gasteiger charge is -2.07. The van der Waals surface area contributed by atoms with Crippen molar-refractivity contribution in [2.75, 3.05) is 6.54 Å². The number of nitrogens with zero attached hydrogens (tertiary/aromatic N) is 1. The molecular weight excluding hydrogens is 286 g/mol. The van der Waals surface area contributed by atoms with Crippen LogP contribution in [0.3, 0.4) is 0 Å². The molecule has 0 aliphatic carbocycles. The number of rotatable bonds is 3. The van der Waals surface area contributed by atoms with E-state index in [0.29, 0.717) is 22.7 Å². The van der Waals surface area contributed by atoms with Gasteiger partial charge in [-0.1, -0.05) is 41.6 Å². The Kier molecular flexibility index (Phi) is 5.33. The lowest BCUT2D eigenvalue weighted by atomic mass is 10.2. The highest BCUT2D eigenvalue weighted by Gasteiger charge is 2.07. The molecule has 0 saturated carbocycles. The highest BCUT2D eigenvalue weighted by Crippen LogP contribution is 2.14. The van der Waals surface area contributed by atoms with Crippen LogP contribution in [-0.2, 0) is 6.54 Å². The molecule has 5 heteroatoms. The molecule has 0 aliphatic heterocycles. The van der Waals surface area contributed by atoms with Gasteiger partial charge in [-0.05, 0) is 17.7 Å². The molecule has 1 heterocycles. The molecule has 21 heavy (non-hydrogen) atoms. The van der Waals surface area contributed by atoms with E-state index < -0.39 is 0 Å². The summed E-state index contributed by atoms with van der Waals surface area (Å²) >= 11 is 6.04. The monoisotopic (exact) mass is 299 g/mol. The summed E-state index contributed by atoms with van der Waals surface area (Å²) in [7, 11) is 0. The minimum Gasteiger partial charge on any atom is -0.348 e. The number of hydrogen-bond donors (Lipinski definition) is 2. The van der Waals surface area contributed by atoms with Crippen LogP contribution < -0.4 is 11.1 Å². The van der Waals surface area contributed by atoms with Gasteiger partial charge in [0.1, 0.15) is 0 Å². The Morgan fingerprint density at radius 3 is 2.90 bits per heavy atom. The Bertz CT molecular complexity index is 704. The number of halogens is 1. The first-order chi connectivity index (χ1) is 10.2. The van der Waals surface area contributed by atoms with Crippen LogP contribution in [0.1, 0.15) is 21.5 Å². The molecule has 0 unspecified atom stereocenters. The number of nitrogens with one attached hydrogen (secondary N) is 1. The lowest BCUT2D eigenvalue weighted by molar-refractivity contribution is 0.0950. The third-order valence-corrected chi connectivity index (χ3v) is 3.10. The normalized spacial score (nSPS) is 9.62. The summed E-state index contributed by atoms with van der Waals surface area (Å²) in [5.41, 5.74) is 7.28. The number of nitrogens with two attached hydrogens (primary N) is 1. The molecule has 3 N–H and O–H groups in total. The first-order valence-corrected chi connectivity index (χ1v) is 6.74. The minimum atomic E-state index is -0.223. The lowest BCUT2D eigenvalue weighted by Crippen LogP contribution is -2.23. The average Bonchev–Trinajstić information content (AvgIpc) is 2.52. The van der Waals surface area contributed by atoms with Crippen molar-refractivity contribution in [3.63, 3.8) is 0 Å². The predicted octanol–water partition coefficient (Wildman–Crippen LogP) is 1.98. The second-order valence-corrected chi connectivity index (χ2v) is 4.65. The van der Waals surface area contributed by atoms with Crippen LogP contribution in [-0.4, -0.2) is 17.4 Å². The van der Waals surface area contributed by atoms with Crippen molar-refractivity contribution in [3.05, 3.63) is 64.4 Å². The smallest absolute Gasteiger partial charge is 0.253 e. The third kappa shape index (κ3) is 4.32. The molecule has 0 bridgehead atoms. The van der Waals surface area contributed by atoms with Crippen molar-refractivity contribution in [1.29, 1.82) is 0 Å². The second-order valence-electron chi connectivity index (χ2n) is 4.24. The number of carbonyl (C=O) groups excluding carboxylic acids is 1. The Hall–Kier alpha value is -2.35. The van der Waals surface area contributed by atoms with Crippen LogP contribution in [0.15, 0.2) is 42.7 Å². The fourth-order valence-corrected chi connectivity index (χ4v) is 1.91. The van der Waals surface area contributed by atoms with Gasteiger partial charge in [-0.15, -0.1) is 0 Å². The molecule has 4 nitrogen and oxygen atoms in total. The summed E-state index contributed by atoms with van der Waals surface area (Å²) in [5, 5.41) is 3.43. The van der Waals surface area contributed by atoms with E-state index in [-0.39, 0.29) is 12.5 Å². The molecule has 2 aromatic rings. The summed E-state index contributed by atoms with van der Waals surface area (Å²) in [4.78, 5) is 16.1. The van der Waals surface area contributed by atoms with Crippen molar-refractivity contribution >= 4 is 17.5 Å². The van der Waals surface area contributed by atoms with E-state index in [0.717, 1.165) is 5.56 Å². The summed E-state index contributed by atoms with van der Waals surface area (Å²) in [5.74, 6) is 5.35. The van der Waals surface area contributed by atoms with Crippen molar-refractivity contribution in [1.82, 2.24) is 10.3 Å². The van der Waals surface area contributed by atoms with Gasteiger partial charge in [0, 0.05) is 29.5 Å². The van der Waals surface area contributed by atoms with Gasteiger partial charge in [-0.25, -0.2) is 0 Å². The highest BCUT2D eigenvalue weighted by atomic mass is 35.5. The van der Waals surface area contributed by atoms with Gasteiger partial charge in [0.15, 0.2) is 0 Å². The van der Waals surface area contributed by atoms with Gasteiger partial charge >= 0.3 is 0 Å². The molecule has 1 aromatic heterocycles. The number of pyridine rings is 1. The summed E-state index contributed by atoms with van der Waals surface area (Å²) in [6.45, 7) is 0.625.